The Kier molecular flexibility index (Phi) is 5.65. The molecule has 1 aromatic carbocycles. The van der Waals surface area contributed by atoms with Gasteiger partial charge in [0.25, 0.3) is 0 Å². The number of hydrogen-bond acceptors (Lipinski definition) is 3. The van der Waals surface area contributed by atoms with Gasteiger partial charge in [0, 0.05) is 12.6 Å². The van der Waals surface area contributed by atoms with Gasteiger partial charge in [-0.05, 0) is 56.2 Å². The van der Waals surface area contributed by atoms with E-state index in [4.69, 9.17) is 0 Å². The Balaban J connectivity index is 1.71. The summed E-state index contributed by atoms with van der Waals surface area (Å²) in [7, 11) is 0. The van der Waals surface area contributed by atoms with E-state index >= 15 is 0 Å². The Labute approximate surface area is 128 Å². The summed E-state index contributed by atoms with van der Waals surface area (Å²) >= 11 is 0. The van der Waals surface area contributed by atoms with Crippen LogP contribution in [0.1, 0.15) is 51.5 Å². The summed E-state index contributed by atoms with van der Waals surface area (Å²) in [6.45, 7) is 5.11. The van der Waals surface area contributed by atoms with Crippen LogP contribution in [0.25, 0.3) is 0 Å². The molecule has 2 rings (SSSR count). The molecule has 1 aliphatic carbocycles. The molecule has 0 aromatic heterocycles. The minimum absolute atomic E-state index is 0.318. The molecule has 3 N–H and O–H groups in total. The van der Waals surface area contributed by atoms with Gasteiger partial charge in [0.15, 0.2) is 0 Å². The fraction of sp³-hybridized carbons (Fsp3) is 0.667. The number of phenolic OH excluding ortho intramolecular Hbond substituents is 1. The number of benzene rings is 1. The standard InChI is InChI=1S/C18H29NO2/c1-14-4-3-11-18(21,12-14)13-19-15(2)5-6-16-7-9-17(20)10-8-16/h7-10,14-15,19-21H,3-6,11-13H2,1-2H3. The number of rotatable bonds is 6. The van der Waals surface area contributed by atoms with Crippen LogP contribution in [0.3, 0.4) is 0 Å². The first-order valence-corrected chi connectivity index (χ1v) is 8.20. The highest BCUT2D eigenvalue weighted by Crippen LogP contribution is 2.31. The van der Waals surface area contributed by atoms with Gasteiger partial charge in [-0.3, -0.25) is 0 Å². The highest BCUT2D eigenvalue weighted by Gasteiger charge is 2.32. The first kappa shape index (κ1) is 16.3. The van der Waals surface area contributed by atoms with Crippen molar-refractivity contribution in [2.24, 2.45) is 5.92 Å². The highest BCUT2D eigenvalue weighted by molar-refractivity contribution is 5.25. The first-order valence-electron chi connectivity index (χ1n) is 8.20. The van der Waals surface area contributed by atoms with E-state index in [0.29, 0.717) is 24.3 Å². The van der Waals surface area contributed by atoms with Gasteiger partial charge in [-0.2, -0.15) is 0 Å². The zero-order valence-electron chi connectivity index (χ0n) is 13.3. The van der Waals surface area contributed by atoms with Gasteiger partial charge in [-0.15, -0.1) is 0 Å². The second-order valence-corrected chi connectivity index (χ2v) is 6.91. The van der Waals surface area contributed by atoms with Gasteiger partial charge >= 0.3 is 0 Å². The average molecular weight is 291 g/mol. The SMILES string of the molecule is CC1CCCC(O)(CNC(C)CCc2ccc(O)cc2)C1. The van der Waals surface area contributed by atoms with E-state index in [2.05, 4.69) is 19.2 Å². The summed E-state index contributed by atoms with van der Waals surface area (Å²) in [6.07, 6.45) is 6.26. The molecule has 0 spiro atoms. The predicted octanol–water partition coefficient (Wildman–Crippen LogP) is 3.24. The van der Waals surface area contributed by atoms with Crippen molar-refractivity contribution in [3.8, 4) is 5.75 Å². The molecule has 3 heteroatoms. The molecule has 1 fully saturated rings. The van der Waals surface area contributed by atoms with Gasteiger partial charge in [0.05, 0.1) is 5.60 Å². The van der Waals surface area contributed by atoms with Crippen molar-refractivity contribution in [2.75, 3.05) is 6.54 Å². The van der Waals surface area contributed by atoms with E-state index in [1.54, 1.807) is 12.1 Å². The van der Waals surface area contributed by atoms with Crippen LogP contribution in [0.4, 0.5) is 0 Å². The fourth-order valence-corrected chi connectivity index (χ4v) is 3.30. The minimum atomic E-state index is -0.509. The van der Waals surface area contributed by atoms with Crippen molar-refractivity contribution in [3.05, 3.63) is 29.8 Å². The van der Waals surface area contributed by atoms with Gasteiger partial charge < -0.3 is 15.5 Å². The second-order valence-electron chi connectivity index (χ2n) is 6.91. The van der Waals surface area contributed by atoms with Crippen molar-refractivity contribution in [1.29, 1.82) is 0 Å². The van der Waals surface area contributed by atoms with Gasteiger partial charge in [0.2, 0.25) is 0 Å². The van der Waals surface area contributed by atoms with Crippen LogP contribution < -0.4 is 5.32 Å². The maximum atomic E-state index is 10.6. The van der Waals surface area contributed by atoms with E-state index < -0.39 is 5.60 Å². The molecule has 0 saturated heterocycles. The van der Waals surface area contributed by atoms with E-state index in [-0.39, 0.29) is 0 Å². The van der Waals surface area contributed by atoms with Crippen LogP contribution in [-0.4, -0.2) is 28.4 Å². The Morgan fingerprint density at radius 1 is 1.33 bits per heavy atom. The lowest BCUT2D eigenvalue weighted by atomic mass is 9.79. The summed E-state index contributed by atoms with van der Waals surface area (Å²) < 4.78 is 0. The molecular weight excluding hydrogens is 262 g/mol. The molecule has 3 nitrogen and oxygen atoms in total. The van der Waals surface area contributed by atoms with Crippen LogP contribution in [-0.2, 0) is 6.42 Å². The predicted molar refractivity (Wildman–Crippen MR) is 86.5 cm³/mol. The lowest BCUT2D eigenvalue weighted by Gasteiger charge is -2.36. The third-order valence-electron chi connectivity index (χ3n) is 4.65. The molecule has 3 atom stereocenters. The molecule has 3 unspecified atom stereocenters. The summed E-state index contributed by atoms with van der Waals surface area (Å²) in [5.74, 6) is 0.955. The molecular formula is C18H29NO2. The Bertz CT molecular complexity index is 431. The van der Waals surface area contributed by atoms with E-state index in [1.165, 1.54) is 12.0 Å². The van der Waals surface area contributed by atoms with E-state index in [9.17, 15) is 10.2 Å². The maximum absolute atomic E-state index is 10.6. The quantitative estimate of drug-likeness (QED) is 0.754. The topological polar surface area (TPSA) is 52.5 Å². The van der Waals surface area contributed by atoms with E-state index in [0.717, 1.165) is 32.1 Å². The molecule has 0 heterocycles. The highest BCUT2D eigenvalue weighted by atomic mass is 16.3. The summed E-state index contributed by atoms with van der Waals surface area (Å²) in [5.41, 5.74) is 0.733. The molecule has 1 saturated carbocycles. The third-order valence-corrected chi connectivity index (χ3v) is 4.65. The number of phenols is 1. The smallest absolute Gasteiger partial charge is 0.115 e. The van der Waals surface area contributed by atoms with Gasteiger partial charge in [-0.1, -0.05) is 31.9 Å². The molecule has 118 valence electrons. The Morgan fingerprint density at radius 3 is 2.71 bits per heavy atom. The fourth-order valence-electron chi connectivity index (χ4n) is 3.30. The van der Waals surface area contributed by atoms with Crippen molar-refractivity contribution in [2.45, 2.75) is 64.0 Å². The summed E-state index contributed by atoms with van der Waals surface area (Å²) in [4.78, 5) is 0. The monoisotopic (exact) mass is 291 g/mol. The van der Waals surface area contributed by atoms with E-state index in [1.807, 2.05) is 12.1 Å². The van der Waals surface area contributed by atoms with Crippen molar-refractivity contribution in [3.63, 3.8) is 0 Å². The Hall–Kier alpha value is -1.06. The summed E-state index contributed by atoms with van der Waals surface area (Å²) in [6, 6.07) is 7.80. The molecule has 0 bridgehead atoms. The summed E-state index contributed by atoms with van der Waals surface area (Å²) in [5, 5.41) is 23.4. The van der Waals surface area contributed by atoms with Gasteiger partial charge in [0.1, 0.15) is 5.75 Å². The number of aryl methyl sites for hydroxylation is 1. The molecule has 1 aromatic rings. The Morgan fingerprint density at radius 2 is 2.05 bits per heavy atom. The lowest BCUT2D eigenvalue weighted by Crippen LogP contribution is -2.46. The number of hydrogen-bond donors (Lipinski definition) is 3. The van der Waals surface area contributed by atoms with Crippen LogP contribution in [0, 0.1) is 5.92 Å². The number of nitrogens with one attached hydrogen (secondary N) is 1. The normalized spacial score (nSPS) is 27.5. The molecule has 0 amide bonds. The molecule has 0 radical (unpaired) electrons. The average Bonchev–Trinajstić information content (AvgIpc) is 2.44. The van der Waals surface area contributed by atoms with Crippen LogP contribution >= 0.6 is 0 Å². The van der Waals surface area contributed by atoms with Crippen LogP contribution in [0.15, 0.2) is 24.3 Å². The molecule has 0 aliphatic heterocycles. The minimum Gasteiger partial charge on any atom is -0.508 e. The number of aromatic hydroxyl groups is 1. The second kappa shape index (κ2) is 7.28. The third kappa shape index (κ3) is 5.33. The first-order chi connectivity index (χ1) is 9.97. The van der Waals surface area contributed by atoms with Crippen molar-refractivity contribution in [1.82, 2.24) is 5.32 Å². The van der Waals surface area contributed by atoms with Crippen molar-refractivity contribution >= 4 is 0 Å². The lowest BCUT2D eigenvalue weighted by molar-refractivity contribution is -0.0135. The number of aliphatic hydroxyl groups is 1. The van der Waals surface area contributed by atoms with Crippen LogP contribution in [0.5, 0.6) is 5.75 Å². The van der Waals surface area contributed by atoms with Crippen LogP contribution in [0.2, 0.25) is 0 Å². The van der Waals surface area contributed by atoms with Gasteiger partial charge in [-0.25, -0.2) is 0 Å². The zero-order chi connectivity index (χ0) is 15.3. The largest absolute Gasteiger partial charge is 0.508 e. The van der Waals surface area contributed by atoms with Crippen molar-refractivity contribution < 1.29 is 10.2 Å². The molecule has 21 heavy (non-hydrogen) atoms. The molecule has 1 aliphatic rings. The maximum Gasteiger partial charge on any atom is 0.115 e. The zero-order valence-corrected chi connectivity index (χ0v) is 13.3.